The van der Waals surface area contributed by atoms with Crippen molar-refractivity contribution in [3.8, 4) is 11.5 Å². The van der Waals surface area contributed by atoms with Crippen molar-refractivity contribution in [3.63, 3.8) is 0 Å². The number of carbonyl (C=O) groups excluding carboxylic acids is 2. The van der Waals surface area contributed by atoms with Crippen molar-refractivity contribution in [1.82, 2.24) is 10.6 Å². The smallest absolute Gasteiger partial charge is 0.251 e. The fourth-order valence-electron chi connectivity index (χ4n) is 3.03. The van der Waals surface area contributed by atoms with Crippen LogP contribution in [0.1, 0.15) is 48.7 Å². The summed E-state index contributed by atoms with van der Waals surface area (Å²) in [6.07, 6.45) is 0.787. The van der Waals surface area contributed by atoms with Crippen LogP contribution in [0.2, 0.25) is 5.02 Å². The molecule has 0 atom stereocenters. The molecule has 7 heteroatoms. The molecular weight excluding hydrogens is 404 g/mol. The highest BCUT2D eigenvalue weighted by Crippen LogP contribution is 2.37. The molecule has 2 aromatic rings. The highest BCUT2D eigenvalue weighted by Gasteiger charge is 2.17. The molecule has 2 amide bonds. The fourth-order valence-corrected chi connectivity index (χ4v) is 3.32. The molecule has 30 heavy (non-hydrogen) atoms. The minimum Gasteiger partial charge on any atom is -0.489 e. The van der Waals surface area contributed by atoms with Crippen molar-refractivity contribution >= 4 is 23.4 Å². The number of benzene rings is 2. The van der Waals surface area contributed by atoms with Gasteiger partial charge in [-0.15, -0.1) is 0 Å². The number of nitrogens with one attached hydrogen (secondary N) is 2. The summed E-state index contributed by atoms with van der Waals surface area (Å²) in [6, 6.07) is 11.0. The van der Waals surface area contributed by atoms with E-state index in [1.807, 2.05) is 18.2 Å². The second-order valence-corrected chi connectivity index (χ2v) is 8.65. The summed E-state index contributed by atoms with van der Waals surface area (Å²) in [4.78, 5) is 24.4. The van der Waals surface area contributed by atoms with Gasteiger partial charge in [-0.25, -0.2) is 0 Å². The zero-order valence-electron chi connectivity index (χ0n) is 17.5. The lowest BCUT2D eigenvalue weighted by molar-refractivity contribution is -0.120. The molecule has 1 aliphatic heterocycles. The number of rotatable bonds is 5. The van der Waals surface area contributed by atoms with E-state index in [2.05, 4.69) is 31.4 Å². The number of ether oxygens (including phenoxy) is 2. The average molecular weight is 431 g/mol. The van der Waals surface area contributed by atoms with Crippen LogP contribution in [0.4, 0.5) is 0 Å². The van der Waals surface area contributed by atoms with Crippen LogP contribution in [0.25, 0.3) is 0 Å². The molecule has 0 fully saturated rings. The minimum atomic E-state index is -0.294. The van der Waals surface area contributed by atoms with Gasteiger partial charge < -0.3 is 20.1 Å². The summed E-state index contributed by atoms with van der Waals surface area (Å²) < 4.78 is 11.3. The van der Waals surface area contributed by atoms with E-state index in [9.17, 15) is 9.59 Å². The van der Waals surface area contributed by atoms with E-state index in [0.29, 0.717) is 35.3 Å². The Hall–Kier alpha value is -2.73. The van der Waals surface area contributed by atoms with Crippen molar-refractivity contribution in [2.75, 3.05) is 19.8 Å². The maximum Gasteiger partial charge on any atom is 0.251 e. The highest BCUT2D eigenvalue weighted by atomic mass is 35.5. The van der Waals surface area contributed by atoms with Crippen LogP contribution in [0, 0.1) is 0 Å². The quantitative estimate of drug-likeness (QED) is 0.755. The van der Waals surface area contributed by atoms with Gasteiger partial charge >= 0.3 is 0 Å². The summed E-state index contributed by atoms with van der Waals surface area (Å²) in [5.41, 5.74) is 2.47. The van der Waals surface area contributed by atoms with E-state index in [1.165, 1.54) is 0 Å². The molecule has 2 N–H and O–H groups in total. The topological polar surface area (TPSA) is 76.7 Å². The second kappa shape index (κ2) is 9.39. The van der Waals surface area contributed by atoms with Crippen LogP contribution in [0.5, 0.6) is 11.5 Å². The van der Waals surface area contributed by atoms with Gasteiger partial charge in [-0.05, 0) is 40.8 Å². The Morgan fingerprint density at radius 1 is 1.03 bits per heavy atom. The number of hydrogen-bond acceptors (Lipinski definition) is 4. The van der Waals surface area contributed by atoms with Gasteiger partial charge in [-0.1, -0.05) is 44.5 Å². The Bertz CT molecular complexity index is 920. The van der Waals surface area contributed by atoms with Crippen LogP contribution >= 0.6 is 11.6 Å². The van der Waals surface area contributed by atoms with Crippen molar-refractivity contribution < 1.29 is 19.1 Å². The maximum atomic E-state index is 12.3. The molecule has 6 nitrogen and oxygen atoms in total. The van der Waals surface area contributed by atoms with Gasteiger partial charge in [-0.2, -0.15) is 0 Å². The standard InChI is InChI=1S/C23H27ClN2O4/c1-23(2,3)17-7-5-16(6-8-17)22(28)26-14-20(27)25-13-15-11-18(24)21-19(12-15)29-9-4-10-30-21/h5-8,11-12H,4,9-10,13-14H2,1-3H3,(H,25,27)(H,26,28). The lowest BCUT2D eigenvalue weighted by Crippen LogP contribution is -2.36. The van der Waals surface area contributed by atoms with Gasteiger partial charge in [0.2, 0.25) is 5.91 Å². The van der Waals surface area contributed by atoms with Crippen LogP contribution in [-0.2, 0) is 16.8 Å². The Morgan fingerprint density at radius 2 is 1.73 bits per heavy atom. The third-order valence-electron chi connectivity index (χ3n) is 4.77. The van der Waals surface area contributed by atoms with Gasteiger partial charge in [0.1, 0.15) is 0 Å². The minimum absolute atomic E-state index is 0.0186. The summed E-state index contributed by atoms with van der Waals surface area (Å²) in [5.74, 6) is 0.535. The molecule has 0 unspecified atom stereocenters. The summed E-state index contributed by atoms with van der Waals surface area (Å²) in [7, 11) is 0. The van der Waals surface area contributed by atoms with Crippen molar-refractivity contribution in [2.24, 2.45) is 0 Å². The fraction of sp³-hybridized carbons (Fsp3) is 0.391. The zero-order valence-corrected chi connectivity index (χ0v) is 18.3. The Labute approximate surface area is 181 Å². The lowest BCUT2D eigenvalue weighted by Gasteiger charge is -2.19. The molecule has 0 spiro atoms. The molecule has 0 bridgehead atoms. The Morgan fingerprint density at radius 3 is 2.43 bits per heavy atom. The summed E-state index contributed by atoms with van der Waals surface area (Å²) in [5, 5.41) is 5.87. The normalized spacial score (nSPS) is 13.3. The largest absolute Gasteiger partial charge is 0.489 e. The zero-order chi connectivity index (χ0) is 21.7. The first-order valence-electron chi connectivity index (χ1n) is 9.97. The summed E-state index contributed by atoms with van der Waals surface area (Å²) >= 11 is 6.27. The first-order chi connectivity index (χ1) is 14.2. The molecule has 3 rings (SSSR count). The number of halogens is 1. The van der Waals surface area contributed by atoms with E-state index in [1.54, 1.807) is 18.2 Å². The predicted octanol–water partition coefficient (Wildman–Crippen LogP) is 3.85. The average Bonchev–Trinajstić information content (AvgIpc) is 2.96. The van der Waals surface area contributed by atoms with E-state index in [0.717, 1.165) is 17.5 Å². The molecule has 0 aliphatic carbocycles. The molecule has 1 aliphatic rings. The molecule has 2 aromatic carbocycles. The van der Waals surface area contributed by atoms with Gasteiger partial charge in [0.25, 0.3) is 5.91 Å². The molecule has 0 saturated heterocycles. The number of carbonyl (C=O) groups is 2. The second-order valence-electron chi connectivity index (χ2n) is 8.24. The van der Waals surface area contributed by atoms with Gasteiger partial charge in [-0.3, -0.25) is 9.59 Å². The van der Waals surface area contributed by atoms with Gasteiger partial charge in [0, 0.05) is 18.5 Å². The van der Waals surface area contributed by atoms with Crippen LogP contribution < -0.4 is 20.1 Å². The first-order valence-corrected chi connectivity index (χ1v) is 10.4. The van der Waals surface area contributed by atoms with Gasteiger partial charge in [0.15, 0.2) is 11.5 Å². The highest BCUT2D eigenvalue weighted by molar-refractivity contribution is 6.32. The Kier molecular flexibility index (Phi) is 6.87. The maximum absolute atomic E-state index is 12.3. The molecular formula is C23H27ClN2O4. The lowest BCUT2D eigenvalue weighted by atomic mass is 9.87. The molecule has 0 aromatic heterocycles. The summed E-state index contributed by atoms with van der Waals surface area (Å²) in [6.45, 7) is 7.61. The predicted molar refractivity (Wildman–Crippen MR) is 116 cm³/mol. The van der Waals surface area contributed by atoms with E-state index in [4.69, 9.17) is 21.1 Å². The van der Waals surface area contributed by atoms with Crippen molar-refractivity contribution in [1.29, 1.82) is 0 Å². The number of fused-ring (bicyclic) bond motifs is 1. The Balaban J connectivity index is 1.51. The van der Waals surface area contributed by atoms with Crippen LogP contribution in [0.3, 0.4) is 0 Å². The van der Waals surface area contributed by atoms with E-state index in [-0.39, 0.29) is 30.3 Å². The van der Waals surface area contributed by atoms with Crippen LogP contribution in [-0.4, -0.2) is 31.6 Å². The van der Waals surface area contributed by atoms with Crippen molar-refractivity contribution in [3.05, 3.63) is 58.1 Å². The first kappa shape index (κ1) is 22.0. The molecule has 160 valence electrons. The van der Waals surface area contributed by atoms with Gasteiger partial charge in [0.05, 0.1) is 24.8 Å². The monoisotopic (exact) mass is 430 g/mol. The molecule has 0 radical (unpaired) electrons. The third kappa shape index (κ3) is 5.66. The van der Waals surface area contributed by atoms with E-state index >= 15 is 0 Å². The third-order valence-corrected chi connectivity index (χ3v) is 5.06. The molecule has 0 saturated carbocycles. The SMILES string of the molecule is CC(C)(C)c1ccc(C(=O)NCC(=O)NCc2cc(Cl)c3c(c2)OCCCO3)cc1. The molecule has 1 heterocycles. The number of amides is 2. The van der Waals surface area contributed by atoms with Crippen molar-refractivity contribution in [2.45, 2.75) is 39.2 Å². The number of hydrogen-bond donors (Lipinski definition) is 2. The van der Waals surface area contributed by atoms with E-state index < -0.39 is 0 Å². The van der Waals surface area contributed by atoms with Crippen LogP contribution in [0.15, 0.2) is 36.4 Å².